The van der Waals surface area contributed by atoms with Gasteiger partial charge in [0, 0.05) is 16.0 Å². The van der Waals surface area contributed by atoms with Crippen molar-refractivity contribution in [3.8, 4) is 11.1 Å². The first-order valence-corrected chi connectivity index (χ1v) is 8.22. The van der Waals surface area contributed by atoms with Crippen molar-refractivity contribution < 1.29 is 27.1 Å². The number of carbonyl (C=O) groups excluding carboxylic acids is 1. The summed E-state index contributed by atoms with van der Waals surface area (Å²) in [6.45, 7) is 1.45. The Morgan fingerprint density at radius 1 is 1.19 bits per heavy atom. The number of esters is 1. The Morgan fingerprint density at radius 3 is 2.56 bits per heavy atom. The number of rotatable bonds is 3. The largest absolute Gasteiger partial charge is 0.462 e. The van der Waals surface area contributed by atoms with Gasteiger partial charge in [-0.3, -0.25) is 0 Å². The fourth-order valence-electron chi connectivity index (χ4n) is 2.79. The SMILES string of the molecule is CCOC(=O)c1c(-c2ccccc2C(F)(F)F)c2cc(Cl)ccc2oc1=O. The quantitative estimate of drug-likeness (QED) is 0.445. The molecule has 0 amide bonds. The van der Waals surface area contributed by atoms with E-state index in [1.54, 1.807) is 0 Å². The van der Waals surface area contributed by atoms with Crippen LogP contribution >= 0.6 is 11.6 Å². The molecule has 2 aromatic carbocycles. The topological polar surface area (TPSA) is 56.5 Å². The average Bonchev–Trinajstić information content (AvgIpc) is 2.60. The molecule has 0 atom stereocenters. The number of alkyl halides is 3. The van der Waals surface area contributed by atoms with Crippen molar-refractivity contribution in [2.24, 2.45) is 0 Å². The van der Waals surface area contributed by atoms with E-state index in [9.17, 15) is 22.8 Å². The van der Waals surface area contributed by atoms with Crippen LogP contribution in [0.1, 0.15) is 22.8 Å². The zero-order chi connectivity index (χ0) is 19.8. The predicted molar refractivity (Wildman–Crippen MR) is 93.9 cm³/mol. The summed E-state index contributed by atoms with van der Waals surface area (Å²) in [5, 5.41) is 0.304. The summed E-state index contributed by atoms with van der Waals surface area (Å²) in [7, 11) is 0. The highest BCUT2D eigenvalue weighted by Crippen LogP contribution is 2.40. The van der Waals surface area contributed by atoms with Crippen molar-refractivity contribution in [1.29, 1.82) is 0 Å². The lowest BCUT2D eigenvalue weighted by Gasteiger charge is -2.16. The summed E-state index contributed by atoms with van der Waals surface area (Å²) < 4.78 is 50.6. The highest BCUT2D eigenvalue weighted by Gasteiger charge is 2.35. The van der Waals surface area contributed by atoms with Gasteiger partial charge in [0.1, 0.15) is 5.58 Å². The minimum absolute atomic E-state index is 0.00410. The number of hydrogen-bond acceptors (Lipinski definition) is 4. The van der Waals surface area contributed by atoms with E-state index >= 15 is 0 Å². The highest BCUT2D eigenvalue weighted by molar-refractivity contribution is 6.31. The molecule has 3 aromatic rings. The fourth-order valence-corrected chi connectivity index (χ4v) is 2.96. The molecule has 3 rings (SSSR count). The smallest absolute Gasteiger partial charge is 0.417 e. The standard InChI is InChI=1S/C19H12ClF3O4/c1-2-26-17(24)16-15(11-5-3-4-6-13(11)19(21,22)23)12-9-10(20)7-8-14(12)27-18(16)25/h3-9H,2H2,1H3. The average molecular weight is 397 g/mol. The molecular formula is C19H12ClF3O4. The van der Waals surface area contributed by atoms with Crippen LogP contribution in [0.5, 0.6) is 0 Å². The van der Waals surface area contributed by atoms with Gasteiger partial charge in [0.05, 0.1) is 12.2 Å². The Labute approximate surface area is 156 Å². The molecule has 140 valence electrons. The first-order chi connectivity index (χ1) is 12.7. The maximum absolute atomic E-state index is 13.6. The molecular weight excluding hydrogens is 385 g/mol. The fraction of sp³-hybridized carbons (Fsp3) is 0.158. The number of ether oxygens (including phenoxy) is 1. The number of benzene rings is 2. The molecule has 4 nitrogen and oxygen atoms in total. The summed E-state index contributed by atoms with van der Waals surface area (Å²) in [6, 6.07) is 8.77. The molecule has 0 saturated carbocycles. The summed E-state index contributed by atoms with van der Waals surface area (Å²) >= 11 is 5.98. The van der Waals surface area contributed by atoms with Crippen LogP contribution in [0.25, 0.3) is 22.1 Å². The van der Waals surface area contributed by atoms with Gasteiger partial charge in [-0.2, -0.15) is 13.2 Å². The lowest BCUT2D eigenvalue weighted by Crippen LogP contribution is -2.19. The minimum Gasteiger partial charge on any atom is -0.462 e. The Kier molecular flexibility index (Phi) is 4.97. The maximum atomic E-state index is 13.6. The molecule has 8 heteroatoms. The van der Waals surface area contributed by atoms with Crippen LogP contribution in [-0.4, -0.2) is 12.6 Å². The van der Waals surface area contributed by atoms with Gasteiger partial charge < -0.3 is 9.15 Å². The molecule has 0 radical (unpaired) electrons. The monoisotopic (exact) mass is 396 g/mol. The van der Waals surface area contributed by atoms with Crippen molar-refractivity contribution in [2.45, 2.75) is 13.1 Å². The Hall–Kier alpha value is -2.80. The molecule has 0 aliphatic heterocycles. The van der Waals surface area contributed by atoms with E-state index in [4.69, 9.17) is 20.8 Å². The number of fused-ring (bicyclic) bond motifs is 1. The second kappa shape index (κ2) is 7.08. The number of halogens is 4. The zero-order valence-corrected chi connectivity index (χ0v) is 14.6. The molecule has 0 spiro atoms. The zero-order valence-electron chi connectivity index (χ0n) is 13.9. The number of carbonyl (C=O) groups is 1. The maximum Gasteiger partial charge on any atom is 0.417 e. The normalized spacial score (nSPS) is 11.6. The molecule has 0 fully saturated rings. The van der Waals surface area contributed by atoms with Crippen LogP contribution in [0.4, 0.5) is 13.2 Å². The van der Waals surface area contributed by atoms with Crippen LogP contribution in [-0.2, 0) is 10.9 Å². The van der Waals surface area contributed by atoms with Gasteiger partial charge in [0.25, 0.3) is 0 Å². The minimum atomic E-state index is -4.70. The van der Waals surface area contributed by atoms with Crippen LogP contribution < -0.4 is 5.63 Å². The van der Waals surface area contributed by atoms with Crippen molar-refractivity contribution in [3.05, 3.63) is 69.0 Å². The summed E-state index contributed by atoms with van der Waals surface area (Å²) in [6.07, 6.45) is -4.70. The van der Waals surface area contributed by atoms with Gasteiger partial charge in [-0.25, -0.2) is 9.59 Å². The van der Waals surface area contributed by atoms with Crippen molar-refractivity contribution in [1.82, 2.24) is 0 Å². The predicted octanol–water partition coefficient (Wildman–Crippen LogP) is 5.31. The molecule has 1 heterocycles. The van der Waals surface area contributed by atoms with E-state index in [-0.39, 0.29) is 33.7 Å². The summed E-state index contributed by atoms with van der Waals surface area (Å²) in [5.74, 6) is -1.07. The van der Waals surface area contributed by atoms with Crippen LogP contribution in [0, 0.1) is 0 Å². The van der Waals surface area contributed by atoms with Gasteiger partial charge in [0.15, 0.2) is 5.56 Å². The van der Waals surface area contributed by atoms with Crippen molar-refractivity contribution in [3.63, 3.8) is 0 Å². The Morgan fingerprint density at radius 2 is 1.89 bits per heavy atom. The van der Waals surface area contributed by atoms with E-state index in [0.29, 0.717) is 0 Å². The van der Waals surface area contributed by atoms with Crippen LogP contribution in [0.2, 0.25) is 5.02 Å². The Bertz CT molecular complexity index is 1090. The van der Waals surface area contributed by atoms with Gasteiger partial charge in [-0.15, -0.1) is 0 Å². The molecule has 1 aromatic heterocycles. The molecule has 27 heavy (non-hydrogen) atoms. The molecule has 0 bridgehead atoms. The second-order valence-electron chi connectivity index (χ2n) is 5.54. The van der Waals surface area contributed by atoms with E-state index in [1.165, 1.54) is 43.3 Å². The van der Waals surface area contributed by atoms with Gasteiger partial charge >= 0.3 is 17.8 Å². The van der Waals surface area contributed by atoms with E-state index < -0.39 is 28.9 Å². The molecule has 0 aliphatic carbocycles. The van der Waals surface area contributed by atoms with Crippen molar-refractivity contribution >= 4 is 28.5 Å². The molecule has 0 unspecified atom stereocenters. The molecule has 0 saturated heterocycles. The summed E-state index contributed by atoms with van der Waals surface area (Å²) in [5.41, 5.74) is -3.26. The third-order valence-electron chi connectivity index (χ3n) is 3.85. The first kappa shape index (κ1) is 19.0. The van der Waals surface area contributed by atoms with Gasteiger partial charge in [0.2, 0.25) is 0 Å². The van der Waals surface area contributed by atoms with Gasteiger partial charge in [-0.05, 0) is 36.8 Å². The Balaban J connectivity index is 2.51. The lowest BCUT2D eigenvalue weighted by molar-refractivity contribution is -0.137. The van der Waals surface area contributed by atoms with Gasteiger partial charge in [-0.1, -0.05) is 29.8 Å². The highest BCUT2D eigenvalue weighted by atomic mass is 35.5. The van der Waals surface area contributed by atoms with E-state index in [0.717, 1.165) is 6.07 Å². The summed E-state index contributed by atoms with van der Waals surface area (Å²) in [4.78, 5) is 24.8. The van der Waals surface area contributed by atoms with Crippen molar-refractivity contribution in [2.75, 3.05) is 6.61 Å². The third kappa shape index (κ3) is 3.55. The molecule has 0 N–H and O–H groups in total. The first-order valence-electron chi connectivity index (χ1n) is 7.84. The van der Waals surface area contributed by atoms with E-state index in [2.05, 4.69) is 0 Å². The number of hydrogen-bond donors (Lipinski definition) is 0. The van der Waals surface area contributed by atoms with Crippen LogP contribution in [0.3, 0.4) is 0 Å². The molecule has 0 aliphatic rings. The second-order valence-corrected chi connectivity index (χ2v) is 5.98. The van der Waals surface area contributed by atoms with E-state index in [1.807, 2.05) is 0 Å². The lowest BCUT2D eigenvalue weighted by atomic mass is 9.93. The van der Waals surface area contributed by atoms with Crippen LogP contribution in [0.15, 0.2) is 51.7 Å². The third-order valence-corrected chi connectivity index (χ3v) is 4.08.